The van der Waals surface area contributed by atoms with Gasteiger partial charge in [0.1, 0.15) is 0 Å². The fourth-order valence-electron chi connectivity index (χ4n) is 2.17. The van der Waals surface area contributed by atoms with Gasteiger partial charge in [0, 0.05) is 6.04 Å². The molecule has 2 rings (SSSR count). The molecule has 0 aromatic rings. The fourth-order valence-corrected chi connectivity index (χ4v) is 2.17. The van der Waals surface area contributed by atoms with E-state index in [1.165, 1.54) is 0 Å². The Hall–Kier alpha value is -0.830. The molecule has 1 amide bonds. The Morgan fingerprint density at radius 1 is 1.50 bits per heavy atom. The summed E-state index contributed by atoms with van der Waals surface area (Å²) in [6, 6.07) is 0.335. The SMILES string of the molecule is CC1(C(=O)NC2CC=CC2)CCCN1. The molecule has 0 bridgehead atoms. The molecule has 1 atom stereocenters. The van der Waals surface area contributed by atoms with Crippen LogP contribution in [0.1, 0.15) is 32.6 Å². The van der Waals surface area contributed by atoms with Crippen LogP contribution in [-0.4, -0.2) is 24.0 Å². The summed E-state index contributed by atoms with van der Waals surface area (Å²) >= 11 is 0. The molecule has 1 heterocycles. The molecule has 1 unspecified atom stereocenters. The Balaban J connectivity index is 1.88. The van der Waals surface area contributed by atoms with Crippen molar-refractivity contribution in [1.82, 2.24) is 10.6 Å². The lowest BCUT2D eigenvalue weighted by molar-refractivity contribution is -0.127. The molecule has 0 aromatic carbocycles. The molecule has 0 spiro atoms. The molecular formula is C11H18N2O. The number of hydrogen-bond donors (Lipinski definition) is 2. The molecule has 0 aromatic heterocycles. The second-order valence-corrected chi connectivity index (χ2v) is 4.48. The fraction of sp³-hybridized carbons (Fsp3) is 0.727. The van der Waals surface area contributed by atoms with Crippen molar-refractivity contribution in [3.63, 3.8) is 0 Å². The van der Waals surface area contributed by atoms with Crippen molar-refractivity contribution in [2.45, 2.75) is 44.2 Å². The summed E-state index contributed by atoms with van der Waals surface area (Å²) in [4.78, 5) is 11.9. The van der Waals surface area contributed by atoms with Crippen molar-refractivity contribution in [3.8, 4) is 0 Å². The number of rotatable bonds is 2. The molecule has 1 aliphatic heterocycles. The highest BCUT2D eigenvalue weighted by atomic mass is 16.2. The maximum atomic E-state index is 11.9. The first kappa shape index (κ1) is 9.71. The zero-order valence-electron chi connectivity index (χ0n) is 8.68. The van der Waals surface area contributed by atoms with E-state index in [1.54, 1.807) is 0 Å². The van der Waals surface area contributed by atoms with Gasteiger partial charge in [-0.2, -0.15) is 0 Å². The normalized spacial score (nSPS) is 32.4. The third kappa shape index (κ3) is 1.82. The van der Waals surface area contributed by atoms with Gasteiger partial charge in [-0.05, 0) is 39.2 Å². The Labute approximate surface area is 84.9 Å². The minimum Gasteiger partial charge on any atom is -0.351 e. The second-order valence-electron chi connectivity index (χ2n) is 4.48. The van der Waals surface area contributed by atoms with E-state index in [9.17, 15) is 4.79 Å². The molecule has 1 aliphatic carbocycles. The molecule has 14 heavy (non-hydrogen) atoms. The van der Waals surface area contributed by atoms with E-state index in [-0.39, 0.29) is 11.4 Å². The number of hydrogen-bond acceptors (Lipinski definition) is 2. The van der Waals surface area contributed by atoms with Gasteiger partial charge in [-0.3, -0.25) is 4.79 Å². The lowest BCUT2D eigenvalue weighted by Crippen LogP contribution is -2.53. The van der Waals surface area contributed by atoms with Gasteiger partial charge >= 0.3 is 0 Å². The zero-order valence-corrected chi connectivity index (χ0v) is 8.68. The zero-order chi connectivity index (χ0) is 10.0. The average Bonchev–Trinajstić information content (AvgIpc) is 2.76. The lowest BCUT2D eigenvalue weighted by Gasteiger charge is -2.25. The maximum Gasteiger partial charge on any atom is 0.240 e. The van der Waals surface area contributed by atoms with Crippen LogP contribution in [0.4, 0.5) is 0 Å². The van der Waals surface area contributed by atoms with Crippen molar-refractivity contribution < 1.29 is 4.79 Å². The first-order chi connectivity index (χ1) is 6.71. The summed E-state index contributed by atoms with van der Waals surface area (Å²) in [6.45, 7) is 2.96. The monoisotopic (exact) mass is 194 g/mol. The van der Waals surface area contributed by atoms with E-state index in [0.717, 1.165) is 32.2 Å². The highest BCUT2D eigenvalue weighted by Crippen LogP contribution is 2.19. The van der Waals surface area contributed by atoms with Gasteiger partial charge in [-0.15, -0.1) is 0 Å². The van der Waals surface area contributed by atoms with Crippen LogP contribution in [-0.2, 0) is 4.79 Å². The molecule has 3 nitrogen and oxygen atoms in total. The summed E-state index contributed by atoms with van der Waals surface area (Å²) in [6.07, 6.45) is 8.31. The van der Waals surface area contributed by atoms with Crippen LogP contribution in [0.2, 0.25) is 0 Å². The van der Waals surface area contributed by atoms with E-state index in [0.29, 0.717) is 6.04 Å². The minimum absolute atomic E-state index is 0.170. The lowest BCUT2D eigenvalue weighted by atomic mass is 9.98. The van der Waals surface area contributed by atoms with Crippen LogP contribution in [0.3, 0.4) is 0 Å². The van der Waals surface area contributed by atoms with Crippen LogP contribution < -0.4 is 10.6 Å². The molecular weight excluding hydrogens is 176 g/mol. The second kappa shape index (κ2) is 3.73. The highest BCUT2D eigenvalue weighted by molar-refractivity contribution is 5.86. The van der Waals surface area contributed by atoms with Crippen molar-refractivity contribution in [2.75, 3.05) is 6.54 Å². The van der Waals surface area contributed by atoms with E-state index in [4.69, 9.17) is 0 Å². The molecule has 3 heteroatoms. The van der Waals surface area contributed by atoms with Gasteiger partial charge in [0.2, 0.25) is 5.91 Å². The molecule has 2 aliphatic rings. The maximum absolute atomic E-state index is 11.9. The summed E-state index contributed by atoms with van der Waals surface area (Å²) in [5, 5.41) is 6.37. The van der Waals surface area contributed by atoms with Gasteiger partial charge in [-0.1, -0.05) is 12.2 Å². The molecule has 1 fully saturated rings. The van der Waals surface area contributed by atoms with Gasteiger partial charge in [-0.25, -0.2) is 0 Å². The Kier molecular flexibility index (Phi) is 2.59. The Morgan fingerprint density at radius 2 is 2.21 bits per heavy atom. The number of carbonyl (C=O) groups is 1. The number of nitrogens with one attached hydrogen (secondary N) is 2. The van der Waals surface area contributed by atoms with Gasteiger partial charge in [0.25, 0.3) is 0 Å². The van der Waals surface area contributed by atoms with Crippen molar-refractivity contribution in [2.24, 2.45) is 0 Å². The smallest absolute Gasteiger partial charge is 0.240 e. The predicted molar refractivity (Wildman–Crippen MR) is 55.9 cm³/mol. The standard InChI is InChI=1S/C11H18N2O/c1-11(7-4-8-12-11)10(14)13-9-5-2-3-6-9/h2-3,9,12H,4-8H2,1H3,(H,13,14). The number of carbonyl (C=O) groups excluding carboxylic acids is 1. The van der Waals surface area contributed by atoms with Crippen molar-refractivity contribution in [3.05, 3.63) is 12.2 Å². The first-order valence-corrected chi connectivity index (χ1v) is 5.42. The van der Waals surface area contributed by atoms with Crippen LogP contribution in [0.15, 0.2) is 12.2 Å². The summed E-state index contributed by atoms with van der Waals surface area (Å²) < 4.78 is 0. The van der Waals surface area contributed by atoms with Crippen molar-refractivity contribution >= 4 is 5.91 Å². The van der Waals surface area contributed by atoms with Gasteiger partial charge in [0.15, 0.2) is 0 Å². The Bertz CT molecular complexity index is 246. The molecule has 2 N–H and O–H groups in total. The van der Waals surface area contributed by atoms with Crippen LogP contribution in [0.25, 0.3) is 0 Å². The number of amides is 1. The molecule has 1 saturated heterocycles. The van der Waals surface area contributed by atoms with Gasteiger partial charge < -0.3 is 10.6 Å². The van der Waals surface area contributed by atoms with Crippen LogP contribution >= 0.6 is 0 Å². The largest absolute Gasteiger partial charge is 0.351 e. The first-order valence-electron chi connectivity index (χ1n) is 5.42. The molecule has 0 radical (unpaired) electrons. The van der Waals surface area contributed by atoms with Gasteiger partial charge in [0.05, 0.1) is 5.54 Å². The summed E-state index contributed by atoms with van der Waals surface area (Å²) in [7, 11) is 0. The average molecular weight is 194 g/mol. The van der Waals surface area contributed by atoms with Crippen LogP contribution in [0, 0.1) is 0 Å². The summed E-state index contributed by atoms with van der Waals surface area (Å²) in [5.74, 6) is 0.170. The third-order valence-corrected chi connectivity index (χ3v) is 3.21. The molecule has 78 valence electrons. The highest BCUT2D eigenvalue weighted by Gasteiger charge is 2.36. The van der Waals surface area contributed by atoms with E-state index >= 15 is 0 Å². The molecule has 0 saturated carbocycles. The minimum atomic E-state index is -0.317. The van der Waals surface area contributed by atoms with Crippen LogP contribution in [0.5, 0.6) is 0 Å². The van der Waals surface area contributed by atoms with Crippen molar-refractivity contribution in [1.29, 1.82) is 0 Å². The topological polar surface area (TPSA) is 41.1 Å². The van der Waals surface area contributed by atoms with E-state index < -0.39 is 0 Å². The Morgan fingerprint density at radius 3 is 2.79 bits per heavy atom. The van der Waals surface area contributed by atoms with E-state index in [2.05, 4.69) is 22.8 Å². The third-order valence-electron chi connectivity index (χ3n) is 3.21. The quantitative estimate of drug-likeness (QED) is 0.643. The predicted octanol–water partition coefficient (Wildman–Crippen LogP) is 0.963. The van der Waals surface area contributed by atoms with E-state index in [1.807, 2.05) is 6.92 Å². The summed E-state index contributed by atoms with van der Waals surface area (Å²) in [5.41, 5.74) is -0.317.